The Morgan fingerprint density at radius 1 is 1.37 bits per heavy atom. The molecule has 0 amide bonds. The van der Waals surface area contributed by atoms with Gasteiger partial charge in [0, 0.05) is 18.7 Å². The molecule has 0 saturated carbocycles. The second kappa shape index (κ2) is 5.22. The minimum Gasteiger partial charge on any atom is -0.258 e. The van der Waals surface area contributed by atoms with Crippen LogP contribution in [0.4, 0.5) is 10.1 Å². The Morgan fingerprint density at radius 2 is 1.95 bits per heavy atom. The van der Waals surface area contributed by atoms with Crippen LogP contribution in [0.3, 0.4) is 0 Å². The third kappa shape index (κ3) is 4.25. The van der Waals surface area contributed by atoms with Crippen LogP contribution in [0.5, 0.6) is 0 Å². The molecule has 0 aliphatic rings. The molecule has 0 aliphatic heterocycles. The van der Waals surface area contributed by atoms with E-state index in [-0.39, 0.29) is 16.9 Å². The second-order valence-electron chi connectivity index (χ2n) is 5.26. The summed E-state index contributed by atoms with van der Waals surface area (Å²) < 4.78 is 39.4. The van der Waals surface area contributed by atoms with Gasteiger partial charge in [-0.05, 0) is 11.5 Å². The summed E-state index contributed by atoms with van der Waals surface area (Å²) in [5, 5.41) is 10.4. The number of sulfonamides is 1. The first-order valence-corrected chi connectivity index (χ1v) is 6.95. The smallest absolute Gasteiger partial charge is 0.258 e. The van der Waals surface area contributed by atoms with Crippen LogP contribution in [0.25, 0.3) is 0 Å². The Bertz CT molecular complexity index is 593. The molecule has 6 nitrogen and oxygen atoms in total. The first kappa shape index (κ1) is 15.5. The molecule has 0 radical (unpaired) electrons. The van der Waals surface area contributed by atoms with Crippen molar-refractivity contribution < 1.29 is 17.7 Å². The van der Waals surface area contributed by atoms with Crippen LogP contribution in [0.1, 0.15) is 20.8 Å². The molecule has 8 heteroatoms. The summed E-state index contributed by atoms with van der Waals surface area (Å²) in [6.07, 6.45) is 0. The maximum atomic E-state index is 13.4. The zero-order chi connectivity index (χ0) is 14.8. The molecule has 0 spiro atoms. The van der Waals surface area contributed by atoms with E-state index in [4.69, 9.17) is 0 Å². The lowest BCUT2D eigenvalue weighted by atomic mass is 9.98. The number of hydrogen-bond acceptors (Lipinski definition) is 4. The van der Waals surface area contributed by atoms with Crippen molar-refractivity contribution in [3.63, 3.8) is 0 Å². The van der Waals surface area contributed by atoms with Gasteiger partial charge in [0.1, 0.15) is 0 Å². The van der Waals surface area contributed by atoms with Crippen LogP contribution >= 0.6 is 0 Å². The van der Waals surface area contributed by atoms with Crippen LogP contribution in [0.15, 0.2) is 23.1 Å². The third-order valence-electron chi connectivity index (χ3n) is 2.22. The molecule has 19 heavy (non-hydrogen) atoms. The van der Waals surface area contributed by atoms with E-state index in [2.05, 4.69) is 4.72 Å². The molecule has 0 atom stereocenters. The normalized spacial score (nSPS) is 12.4. The number of benzene rings is 1. The molecular weight excluding hydrogens is 275 g/mol. The van der Waals surface area contributed by atoms with Crippen molar-refractivity contribution in [1.82, 2.24) is 4.72 Å². The minimum atomic E-state index is -3.87. The van der Waals surface area contributed by atoms with Crippen LogP contribution in [0, 0.1) is 21.3 Å². The van der Waals surface area contributed by atoms with Crippen molar-refractivity contribution >= 4 is 15.7 Å². The zero-order valence-corrected chi connectivity index (χ0v) is 11.6. The van der Waals surface area contributed by atoms with Gasteiger partial charge in [-0.2, -0.15) is 4.39 Å². The lowest BCUT2D eigenvalue weighted by Gasteiger charge is -2.18. The number of hydrogen-bond donors (Lipinski definition) is 1. The van der Waals surface area contributed by atoms with Gasteiger partial charge in [-0.3, -0.25) is 10.1 Å². The van der Waals surface area contributed by atoms with Crippen molar-refractivity contribution in [2.75, 3.05) is 6.54 Å². The van der Waals surface area contributed by atoms with Gasteiger partial charge in [0.05, 0.1) is 9.82 Å². The van der Waals surface area contributed by atoms with E-state index in [9.17, 15) is 22.9 Å². The van der Waals surface area contributed by atoms with E-state index >= 15 is 0 Å². The molecule has 0 heterocycles. The number of nitro benzene ring substituents is 1. The average molecular weight is 290 g/mol. The highest BCUT2D eigenvalue weighted by Crippen LogP contribution is 2.21. The summed E-state index contributed by atoms with van der Waals surface area (Å²) >= 11 is 0. The summed E-state index contributed by atoms with van der Waals surface area (Å²) in [6, 6.07) is 2.48. The molecule has 106 valence electrons. The third-order valence-corrected chi connectivity index (χ3v) is 3.62. The lowest BCUT2D eigenvalue weighted by Crippen LogP contribution is -2.32. The van der Waals surface area contributed by atoms with E-state index < -0.39 is 26.5 Å². The Labute approximate surface area is 110 Å². The van der Waals surface area contributed by atoms with Gasteiger partial charge in [0.25, 0.3) is 0 Å². The van der Waals surface area contributed by atoms with E-state index in [1.165, 1.54) is 0 Å². The molecule has 0 aliphatic carbocycles. The molecule has 0 saturated heterocycles. The lowest BCUT2D eigenvalue weighted by molar-refractivity contribution is -0.387. The van der Waals surface area contributed by atoms with Crippen molar-refractivity contribution in [2.24, 2.45) is 5.41 Å². The van der Waals surface area contributed by atoms with Crippen LogP contribution in [0.2, 0.25) is 0 Å². The molecule has 1 N–H and O–H groups in total. The zero-order valence-electron chi connectivity index (χ0n) is 10.8. The number of nitrogens with one attached hydrogen (secondary N) is 1. The topological polar surface area (TPSA) is 89.3 Å². The monoisotopic (exact) mass is 290 g/mol. The van der Waals surface area contributed by atoms with Crippen molar-refractivity contribution in [3.8, 4) is 0 Å². The van der Waals surface area contributed by atoms with Gasteiger partial charge in [-0.25, -0.2) is 13.1 Å². The highest BCUT2D eigenvalue weighted by Gasteiger charge is 2.22. The maximum Gasteiger partial charge on any atom is 0.304 e. The van der Waals surface area contributed by atoms with Gasteiger partial charge < -0.3 is 0 Å². The Hall–Kier alpha value is -1.54. The first-order valence-electron chi connectivity index (χ1n) is 5.46. The standard InChI is InChI=1S/C11H15FN2O4S/c1-11(2,3)7-13-19(17,18)8-4-5-10(14(15)16)9(12)6-8/h4-6,13H,7H2,1-3H3. The average Bonchev–Trinajstić information content (AvgIpc) is 2.25. The van der Waals surface area contributed by atoms with Gasteiger partial charge in [-0.15, -0.1) is 0 Å². The van der Waals surface area contributed by atoms with E-state index in [0.29, 0.717) is 6.07 Å². The van der Waals surface area contributed by atoms with Crippen molar-refractivity contribution in [2.45, 2.75) is 25.7 Å². The molecule has 1 rings (SSSR count). The van der Waals surface area contributed by atoms with Crippen molar-refractivity contribution in [1.29, 1.82) is 0 Å². The fourth-order valence-electron chi connectivity index (χ4n) is 1.20. The van der Waals surface area contributed by atoms with Gasteiger partial charge in [-0.1, -0.05) is 20.8 Å². The predicted molar refractivity (Wildman–Crippen MR) is 67.7 cm³/mol. The highest BCUT2D eigenvalue weighted by atomic mass is 32.2. The molecule has 1 aromatic carbocycles. The van der Waals surface area contributed by atoms with Crippen LogP contribution < -0.4 is 4.72 Å². The second-order valence-corrected chi connectivity index (χ2v) is 7.02. The minimum absolute atomic E-state index is 0.175. The fourth-order valence-corrected chi connectivity index (χ4v) is 2.49. The Balaban J connectivity index is 3.03. The summed E-state index contributed by atoms with van der Waals surface area (Å²) in [7, 11) is -3.87. The Morgan fingerprint density at radius 3 is 2.37 bits per heavy atom. The van der Waals surface area contributed by atoms with E-state index in [1.54, 1.807) is 0 Å². The summed E-state index contributed by atoms with van der Waals surface area (Å²) in [5.41, 5.74) is -1.03. The van der Waals surface area contributed by atoms with Gasteiger partial charge >= 0.3 is 5.69 Å². The molecule has 0 unspecified atom stereocenters. The van der Waals surface area contributed by atoms with E-state index in [0.717, 1.165) is 12.1 Å². The maximum absolute atomic E-state index is 13.4. The quantitative estimate of drug-likeness (QED) is 0.679. The van der Waals surface area contributed by atoms with Gasteiger partial charge in [0.2, 0.25) is 15.8 Å². The highest BCUT2D eigenvalue weighted by molar-refractivity contribution is 7.89. The number of nitrogens with zero attached hydrogens (tertiary/aromatic N) is 1. The Kier molecular flexibility index (Phi) is 4.26. The van der Waals surface area contributed by atoms with E-state index in [1.807, 2.05) is 20.8 Å². The van der Waals surface area contributed by atoms with Crippen LogP contribution in [-0.2, 0) is 10.0 Å². The first-order chi connectivity index (χ1) is 8.53. The van der Waals surface area contributed by atoms with Crippen molar-refractivity contribution in [3.05, 3.63) is 34.1 Å². The molecule has 0 aromatic heterocycles. The summed E-state index contributed by atoms with van der Waals surface area (Å²) in [5.74, 6) is -1.18. The molecule has 1 aromatic rings. The van der Waals surface area contributed by atoms with Gasteiger partial charge in [0.15, 0.2) is 0 Å². The fraction of sp³-hybridized carbons (Fsp3) is 0.455. The summed E-state index contributed by atoms with van der Waals surface area (Å²) in [4.78, 5) is 9.20. The molecule has 0 bridgehead atoms. The molecular formula is C11H15FN2O4S. The SMILES string of the molecule is CC(C)(C)CNS(=O)(=O)c1ccc([N+](=O)[O-])c(F)c1. The number of nitro groups is 1. The number of halogens is 1. The largest absolute Gasteiger partial charge is 0.304 e. The number of rotatable bonds is 4. The van der Waals surface area contributed by atoms with Crippen LogP contribution in [-0.4, -0.2) is 19.9 Å². The molecule has 0 fully saturated rings. The summed E-state index contributed by atoms with van der Waals surface area (Å²) in [6.45, 7) is 5.69. The predicted octanol–water partition coefficient (Wildman–Crippen LogP) is 2.06.